The number of hydrogen-bond acceptors (Lipinski definition) is 1. The van der Waals surface area contributed by atoms with Gasteiger partial charge in [-0.25, -0.2) is 0 Å². The highest BCUT2D eigenvalue weighted by atomic mass is 35.5. The zero-order chi connectivity index (χ0) is 15.1. The molecule has 0 fully saturated rings. The highest BCUT2D eigenvalue weighted by Crippen LogP contribution is 2.31. The second-order valence-corrected chi connectivity index (χ2v) is 6.56. The Morgan fingerprint density at radius 1 is 1.19 bits per heavy atom. The lowest BCUT2D eigenvalue weighted by molar-refractivity contribution is 0.539. The van der Waals surface area contributed by atoms with Gasteiger partial charge in [0.05, 0.1) is 6.04 Å². The Hall–Kier alpha value is -0.790. The Balaban J connectivity index is 2.27. The minimum atomic E-state index is 0.361. The zero-order valence-corrected chi connectivity index (χ0v) is 14.2. The number of rotatable bonds is 5. The van der Waals surface area contributed by atoms with E-state index in [-0.39, 0.29) is 0 Å². The first-order valence-electron chi connectivity index (χ1n) is 8.40. The fourth-order valence-electron chi connectivity index (χ4n) is 3.17. The van der Waals surface area contributed by atoms with Crippen LogP contribution in [0.15, 0.2) is 29.8 Å². The summed E-state index contributed by atoms with van der Waals surface area (Å²) in [6, 6.07) is 6.67. The molecule has 0 heterocycles. The van der Waals surface area contributed by atoms with E-state index >= 15 is 0 Å². The number of halogens is 1. The SMILES string of the molecule is CCCNC(/C1=C/CCCCCC1)c1ccc(Cl)cc1C. The van der Waals surface area contributed by atoms with Gasteiger partial charge in [0.15, 0.2) is 0 Å². The predicted molar refractivity (Wildman–Crippen MR) is 93.0 cm³/mol. The van der Waals surface area contributed by atoms with Crippen LogP contribution in [-0.4, -0.2) is 6.54 Å². The molecule has 0 saturated carbocycles. The van der Waals surface area contributed by atoms with Crippen LogP contribution in [0.4, 0.5) is 0 Å². The largest absolute Gasteiger partial charge is 0.307 e. The van der Waals surface area contributed by atoms with E-state index in [4.69, 9.17) is 11.6 Å². The Morgan fingerprint density at radius 2 is 2.00 bits per heavy atom. The maximum atomic E-state index is 6.12. The van der Waals surface area contributed by atoms with E-state index in [1.54, 1.807) is 5.57 Å². The standard InChI is InChI=1S/C19H28ClN/c1-3-13-21-19(16-9-7-5-4-6-8-10-16)18-12-11-17(20)14-15(18)2/h9,11-12,14,19,21H,3-8,10,13H2,1-2H3/b16-9+. The molecular weight excluding hydrogens is 278 g/mol. The minimum absolute atomic E-state index is 0.361. The van der Waals surface area contributed by atoms with Crippen molar-refractivity contribution < 1.29 is 0 Å². The molecule has 0 saturated heterocycles. The highest BCUT2D eigenvalue weighted by molar-refractivity contribution is 6.30. The molecule has 0 bridgehead atoms. The van der Waals surface area contributed by atoms with E-state index in [0.29, 0.717) is 6.04 Å². The first kappa shape index (κ1) is 16.6. The van der Waals surface area contributed by atoms with E-state index in [1.165, 1.54) is 49.7 Å². The second-order valence-electron chi connectivity index (χ2n) is 6.12. The predicted octanol–water partition coefficient (Wildman–Crippen LogP) is 5.97. The molecular formula is C19H28ClN. The van der Waals surface area contributed by atoms with Crippen LogP contribution < -0.4 is 5.32 Å². The van der Waals surface area contributed by atoms with E-state index in [9.17, 15) is 0 Å². The summed E-state index contributed by atoms with van der Waals surface area (Å²) in [4.78, 5) is 0. The molecule has 1 aromatic carbocycles. The quantitative estimate of drug-likeness (QED) is 0.661. The van der Waals surface area contributed by atoms with Crippen molar-refractivity contribution in [2.75, 3.05) is 6.54 Å². The van der Waals surface area contributed by atoms with Gasteiger partial charge in [0.25, 0.3) is 0 Å². The highest BCUT2D eigenvalue weighted by Gasteiger charge is 2.18. The lowest BCUT2D eigenvalue weighted by Gasteiger charge is -2.25. The summed E-state index contributed by atoms with van der Waals surface area (Å²) < 4.78 is 0. The van der Waals surface area contributed by atoms with Crippen molar-refractivity contribution in [1.29, 1.82) is 0 Å². The second kappa shape index (κ2) is 8.60. The van der Waals surface area contributed by atoms with Crippen LogP contribution in [0.2, 0.25) is 5.02 Å². The van der Waals surface area contributed by atoms with Gasteiger partial charge in [-0.15, -0.1) is 0 Å². The van der Waals surface area contributed by atoms with Crippen LogP contribution in [0.25, 0.3) is 0 Å². The van der Waals surface area contributed by atoms with Crippen molar-refractivity contribution in [3.8, 4) is 0 Å². The molecule has 0 spiro atoms. The third kappa shape index (κ3) is 4.86. The molecule has 0 aliphatic heterocycles. The summed E-state index contributed by atoms with van der Waals surface area (Å²) in [5.41, 5.74) is 4.26. The Bertz CT molecular complexity index is 478. The zero-order valence-electron chi connectivity index (χ0n) is 13.4. The number of benzene rings is 1. The van der Waals surface area contributed by atoms with Crippen molar-refractivity contribution in [3.05, 3.63) is 46.0 Å². The van der Waals surface area contributed by atoms with Gasteiger partial charge in [-0.2, -0.15) is 0 Å². The normalized spacial score (nSPS) is 20.2. The topological polar surface area (TPSA) is 12.0 Å². The summed E-state index contributed by atoms with van der Waals surface area (Å²) in [5, 5.41) is 4.58. The molecule has 1 aromatic rings. The van der Waals surface area contributed by atoms with Crippen molar-refractivity contribution in [1.82, 2.24) is 5.32 Å². The monoisotopic (exact) mass is 305 g/mol. The van der Waals surface area contributed by atoms with Crippen LogP contribution in [0.3, 0.4) is 0 Å². The molecule has 0 amide bonds. The summed E-state index contributed by atoms with van der Waals surface area (Å²) in [6.07, 6.45) is 11.5. The third-order valence-electron chi connectivity index (χ3n) is 4.34. The van der Waals surface area contributed by atoms with Crippen LogP contribution in [-0.2, 0) is 0 Å². The van der Waals surface area contributed by atoms with Gasteiger partial charge in [0, 0.05) is 5.02 Å². The molecule has 1 nitrogen and oxygen atoms in total. The van der Waals surface area contributed by atoms with Gasteiger partial charge in [-0.05, 0) is 68.8 Å². The summed E-state index contributed by atoms with van der Waals surface area (Å²) >= 11 is 6.12. The Labute approximate surface area is 134 Å². The molecule has 2 rings (SSSR count). The third-order valence-corrected chi connectivity index (χ3v) is 4.57. The van der Waals surface area contributed by atoms with Crippen molar-refractivity contribution in [2.45, 2.75) is 64.8 Å². The summed E-state index contributed by atoms with van der Waals surface area (Å²) in [5.74, 6) is 0. The molecule has 1 aliphatic carbocycles. The molecule has 21 heavy (non-hydrogen) atoms. The van der Waals surface area contributed by atoms with Crippen LogP contribution >= 0.6 is 11.6 Å². The van der Waals surface area contributed by atoms with E-state index < -0.39 is 0 Å². The maximum absolute atomic E-state index is 6.12. The lowest BCUT2D eigenvalue weighted by atomic mass is 9.89. The first-order chi connectivity index (χ1) is 10.2. The van der Waals surface area contributed by atoms with E-state index in [1.807, 2.05) is 6.07 Å². The average molecular weight is 306 g/mol. The molecule has 1 aliphatic rings. The summed E-state index contributed by atoms with van der Waals surface area (Å²) in [6.45, 7) is 5.46. The Morgan fingerprint density at radius 3 is 2.76 bits per heavy atom. The number of hydrogen-bond donors (Lipinski definition) is 1. The molecule has 1 N–H and O–H groups in total. The van der Waals surface area contributed by atoms with Gasteiger partial charge in [-0.1, -0.05) is 49.1 Å². The van der Waals surface area contributed by atoms with Crippen LogP contribution in [0.1, 0.15) is 69.0 Å². The smallest absolute Gasteiger partial charge is 0.0538 e. The van der Waals surface area contributed by atoms with Crippen LogP contribution in [0.5, 0.6) is 0 Å². The van der Waals surface area contributed by atoms with Crippen molar-refractivity contribution >= 4 is 11.6 Å². The Kier molecular flexibility index (Phi) is 6.79. The number of aryl methyl sites for hydroxylation is 1. The molecule has 1 atom stereocenters. The van der Waals surface area contributed by atoms with E-state index in [0.717, 1.165) is 18.0 Å². The van der Waals surface area contributed by atoms with Crippen molar-refractivity contribution in [2.24, 2.45) is 0 Å². The maximum Gasteiger partial charge on any atom is 0.0538 e. The van der Waals surface area contributed by atoms with Gasteiger partial charge in [0.2, 0.25) is 0 Å². The molecule has 2 heteroatoms. The van der Waals surface area contributed by atoms with E-state index in [2.05, 4.69) is 37.4 Å². The lowest BCUT2D eigenvalue weighted by Crippen LogP contribution is -2.25. The average Bonchev–Trinajstić information content (AvgIpc) is 2.42. The number of nitrogens with one attached hydrogen (secondary N) is 1. The summed E-state index contributed by atoms with van der Waals surface area (Å²) in [7, 11) is 0. The van der Waals surface area contributed by atoms with Gasteiger partial charge >= 0.3 is 0 Å². The van der Waals surface area contributed by atoms with Crippen molar-refractivity contribution in [3.63, 3.8) is 0 Å². The first-order valence-corrected chi connectivity index (χ1v) is 8.78. The fourth-order valence-corrected chi connectivity index (χ4v) is 3.40. The fraction of sp³-hybridized carbons (Fsp3) is 0.579. The number of allylic oxidation sites excluding steroid dienone is 1. The van der Waals surface area contributed by atoms with Gasteiger partial charge < -0.3 is 5.32 Å². The molecule has 1 unspecified atom stereocenters. The molecule has 116 valence electrons. The minimum Gasteiger partial charge on any atom is -0.307 e. The van der Waals surface area contributed by atoms with Gasteiger partial charge in [-0.3, -0.25) is 0 Å². The molecule has 0 aromatic heterocycles. The van der Waals surface area contributed by atoms with Gasteiger partial charge in [0.1, 0.15) is 0 Å². The van der Waals surface area contributed by atoms with Crippen LogP contribution in [0, 0.1) is 6.92 Å². The molecule has 0 radical (unpaired) electrons.